The van der Waals surface area contributed by atoms with Crippen molar-refractivity contribution in [2.24, 2.45) is 5.92 Å². The highest BCUT2D eigenvalue weighted by Crippen LogP contribution is 2.32. The van der Waals surface area contributed by atoms with Crippen molar-refractivity contribution in [2.75, 3.05) is 17.6 Å². The van der Waals surface area contributed by atoms with Gasteiger partial charge in [0.1, 0.15) is 0 Å². The predicted molar refractivity (Wildman–Crippen MR) is 73.9 cm³/mol. The molecule has 1 N–H and O–H groups in total. The van der Waals surface area contributed by atoms with E-state index in [9.17, 15) is 4.79 Å². The van der Waals surface area contributed by atoms with Crippen LogP contribution in [-0.4, -0.2) is 29.6 Å². The molecule has 0 unspecified atom stereocenters. The van der Waals surface area contributed by atoms with E-state index in [0.29, 0.717) is 18.4 Å². The highest BCUT2D eigenvalue weighted by molar-refractivity contribution is 14.1. The molecule has 0 spiro atoms. The third kappa shape index (κ3) is 5.48. The first-order valence-corrected chi connectivity index (χ1v) is 7.73. The molecule has 0 atom stereocenters. The van der Waals surface area contributed by atoms with Crippen LogP contribution in [0.1, 0.15) is 39.0 Å². The fourth-order valence-electron chi connectivity index (χ4n) is 1.99. The van der Waals surface area contributed by atoms with Gasteiger partial charge in [0, 0.05) is 19.6 Å². The topological polar surface area (TPSA) is 38.3 Å². The Balaban J connectivity index is 1.95. The number of amides is 1. The molecule has 1 aliphatic carbocycles. The van der Waals surface area contributed by atoms with Gasteiger partial charge in [-0.1, -0.05) is 22.6 Å². The molecule has 0 aromatic rings. The fraction of sp³-hybridized carbons (Fsp3) is 0.917. The lowest BCUT2D eigenvalue weighted by atomic mass is 9.80. The van der Waals surface area contributed by atoms with E-state index in [2.05, 4.69) is 27.9 Å². The molecule has 16 heavy (non-hydrogen) atoms. The van der Waals surface area contributed by atoms with Gasteiger partial charge in [-0.15, -0.1) is 0 Å². The van der Waals surface area contributed by atoms with Crippen molar-refractivity contribution in [2.45, 2.75) is 45.1 Å². The maximum atomic E-state index is 11.5. The number of unbranched alkanes of at least 4 members (excludes halogenated alkanes) is 1. The van der Waals surface area contributed by atoms with Crippen molar-refractivity contribution in [1.82, 2.24) is 5.32 Å². The van der Waals surface area contributed by atoms with Crippen LogP contribution in [-0.2, 0) is 9.53 Å². The molecule has 0 aromatic heterocycles. The molecule has 1 fully saturated rings. The number of nitrogens with one attached hydrogen (secondary N) is 1. The normalized spacial score (nSPS) is 23.9. The summed E-state index contributed by atoms with van der Waals surface area (Å²) in [5.41, 5.74) is 0. The summed E-state index contributed by atoms with van der Waals surface area (Å²) in [6.45, 7) is 3.65. The number of alkyl halides is 1. The molecular weight excluding hydrogens is 317 g/mol. The molecule has 0 aliphatic heterocycles. The van der Waals surface area contributed by atoms with Crippen LogP contribution in [0.5, 0.6) is 0 Å². The van der Waals surface area contributed by atoms with Gasteiger partial charge >= 0.3 is 0 Å². The van der Waals surface area contributed by atoms with E-state index in [1.165, 1.54) is 10.8 Å². The lowest BCUT2D eigenvalue weighted by Gasteiger charge is -2.34. The Labute approximate surface area is 112 Å². The zero-order valence-electron chi connectivity index (χ0n) is 10.0. The highest BCUT2D eigenvalue weighted by atomic mass is 127. The number of halogens is 1. The summed E-state index contributed by atoms with van der Waals surface area (Å²) < 4.78 is 6.64. The second-order valence-corrected chi connectivity index (χ2v) is 5.44. The van der Waals surface area contributed by atoms with Crippen molar-refractivity contribution in [3.63, 3.8) is 0 Å². The van der Waals surface area contributed by atoms with Gasteiger partial charge in [0.05, 0.1) is 6.10 Å². The van der Waals surface area contributed by atoms with Crippen molar-refractivity contribution < 1.29 is 9.53 Å². The first-order valence-electron chi connectivity index (χ1n) is 6.20. The van der Waals surface area contributed by atoms with E-state index in [-0.39, 0.29) is 5.91 Å². The maximum Gasteiger partial charge on any atom is 0.220 e. The number of hydrogen-bond acceptors (Lipinski definition) is 2. The zero-order valence-corrected chi connectivity index (χ0v) is 12.2. The summed E-state index contributed by atoms with van der Waals surface area (Å²) in [6, 6.07) is 0. The molecule has 1 amide bonds. The zero-order chi connectivity index (χ0) is 11.8. The van der Waals surface area contributed by atoms with Crippen molar-refractivity contribution in [3.8, 4) is 0 Å². The Morgan fingerprint density at radius 1 is 1.44 bits per heavy atom. The van der Waals surface area contributed by atoms with Crippen LogP contribution in [0, 0.1) is 5.92 Å². The van der Waals surface area contributed by atoms with Crippen LogP contribution in [0.25, 0.3) is 0 Å². The van der Waals surface area contributed by atoms with Crippen LogP contribution < -0.4 is 5.32 Å². The Hall–Kier alpha value is 0.160. The van der Waals surface area contributed by atoms with Crippen molar-refractivity contribution in [3.05, 3.63) is 0 Å². The fourth-order valence-corrected chi connectivity index (χ4v) is 2.53. The molecule has 0 saturated heterocycles. The molecule has 3 nitrogen and oxygen atoms in total. The molecule has 0 bridgehead atoms. The third-order valence-electron chi connectivity index (χ3n) is 2.95. The lowest BCUT2D eigenvalue weighted by Crippen LogP contribution is -2.36. The minimum Gasteiger partial charge on any atom is -0.378 e. The Bertz CT molecular complexity index is 205. The number of carbonyl (C=O) groups is 1. The smallest absolute Gasteiger partial charge is 0.220 e. The predicted octanol–water partition coefficient (Wildman–Crippen LogP) is 2.52. The van der Waals surface area contributed by atoms with Gasteiger partial charge in [0.25, 0.3) is 0 Å². The monoisotopic (exact) mass is 339 g/mol. The third-order valence-corrected chi connectivity index (χ3v) is 3.71. The molecule has 1 rings (SSSR count). The van der Waals surface area contributed by atoms with Crippen molar-refractivity contribution in [1.29, 1.82) is 0 Å². The summed E-state index contributed by atoms with van der Waals surface area (Å²) in [4.78, 5) is 11.5. The summed E-state index contributed by atoms with van der Waals surface area (Å²) in [5, 5.41) is 2.98. The van der Waals surface area contributed by atoms with Gasteiger partial charge in [0.15, 0.2) is 0 Å². The van der Waals surface area contributed by atoms with E-state index in [4.69, 9.17) is 4.74 Å². The standard InChI is InChI=1S/C12H22INO2/c1-2-16-11-7-10(8-11)9-12(15)14-6-4-3-5-13/h10-11H,2-9H2,1H3,(H,14,15). The first kappa shape index (κ1) is 14.2. The second-order valence-electron chi connectivity index (χ2n) is 4.36. The van der Waals surface area contributed by atoms with Crippen LogP contribution in [0.3, 0.4) is 0 Å². The van der Waals surface area contributed by atoms with Gasteiger partial charge in [0.2, 0.25) is 5.91 Å². The maximum absolute atomic E-state index is 11.5. The number of rotatable bonds is 8. The minimum atomic E-state index is 0.216. The molecule has 94 valence electrons. The molecular formula is C12H22INO2. The largest absolute Gasteiger partial charge is 0.378 e. The van der Waals surface area contributed by atoms with Crippen LogP contribution in [0.4, 0.5) is 0 Å². The first-order chi connectivity index (χ1) is 7.76. The van der Waals surface area contributed by atoms with E-state index < -0.39 is 0 Å². The highest BCUT2D eigenvalue weighted by Gasteiger charge is 2.30. The number of ether oxygens (including phenoxy) is 1. The van der Waals surface area contributed by atoms with Gasteiger partial charge < -0.3 is 10.1 Å². The van der Waals surface area contributed by atoms with E-state index in [0.717, 1.165) is 32.4 Å². The molecule has 0 radical (unpaired) electrons. The summed E-state index contributed by atoms with van der Waals surface area (Å²) >= 11 is 2.36. The lowest BCUT2D eigenvalue weighted by molar-refractivity contribution is -0.124. The van der Waals surface area contributed by atoms with Gasteiger partial charge in [-0.2, -0.15) is 0 Å². The molecule has 4 heteroatoms. The van der Waals surface area contributed by atoms with Crippen LogP contribution in [0.15, 0.2) is 0 Å². The average molecular weight is 339 g/mol. The number of carbonyl (C=O) groups excluding carboxylic acids is 1. The van der Waals surface area contributed by atoms with Gasteiger partial charge in [-0.25, -0.2) is 0 Å². The molecule has 0 heterocycles. The average Bonchev–Trinajstić information content (AvgIpc) is 2.21. The Morgan fingerprint density at radius 2 is 2.19 bits per heavy atom. The minimum absolute atomic E-state index is 0.216. The second kappa shape index (κ2) is 8.28. The summed E-state index contributed by atoms with van der Waals surface area (Å²) in [6.07, 6.45) is 5.52. The Morgan fingerprint density at radius 3 is 2.81 bits per heavy atom. The quantitative estimate of drug-likeness (QED) is 0.419. The molecule has 1 saturated carbocycles. The van der Waals surface area contributed by atoms with Crippen LogP contribution in [0.2, 0.25) is 0 Å². The summed E-state index contributed by atoms with van der Waals surface area (Å²) in [7, 11) is 0. The van der Waals surface area contributed by atoms with Gasteiger partial charge in [-0.3, -0.25) is 4.79 Å². The van der Waals surface area contributed by atoms with E-state index in [1.807, 2.05) is 6.92 Å². The van der Waals surface area contributed by atoms with Gasteiger partial charge in [-0.05, 0) is 43.0 Å². The van der Waals surface area contributed by atoms with Crippen molar-refractivity contribution >= 4 is 28.5 Å². The SMILES string of the molecule is CCOC1CC(CC(=O)NCCCCI)C1. The van der Waals surface area contributed by atoms with E-state index in [1.54, 1.807) is 0 Å². The van der Waals surface area contributed by atoms with Crippen LogP contribution >= 0.6 is 22.6 Å². The number of hydrogen-bond donors (Lipinski definition) is 1. The summed E-state index contributed by atoms with van der Waals surface area (Å²) in [5.74, 6) is 0.773. The molecule has 0 aromatic carbocycles. The Kier molecular flexibility index (Phi) is 7.36. The molecule has 1 aliphatic rings. The van der Waals surface area contributed by atoms with E-state index >= 15 is 0 Å².